The second-order valence-electron chi connectivity index (χ2n) is 5.06. The van der Waals surface area contributed by atoms with Crippen LogP contribution >= 0.6 is 0 Å². The van der Waals surface area contributed by atoms with Gasteiger partial charge < -0.3 is 19.5 Å². The van der Waals surface area contributed by atoms with Crippen molar-refractivity contribution >= 4 is 5.91 Å². The summed E-state index contributed by atoms with van der Waals surface area (Å²) in [5, 5.41) is 2.89. The van der Waals surface area contributed by atoms with Crippen molar-refractivity contribution in [3.63, 3.8) is 0 Å². The first kappa shape index (κ1) is 16.7. The first-order valence-electron chi connectivity index (χ1n) is 7.22. The number of benzene rings is 2. The Labute approximate surface area is 136 Å². The Kier molecular flexibility index (Phi) is 5.46. The van der Waals surface area contributed by atoms with Gasteiger partial charge in [0.1, 0.15) is 5.75 Å². The number of methoxy groups -OCH3 is 3. The SMILES string of the molecule is COc1ccc(C(=O)NCc2ccc(OC)c(OC)c2)cc1C. The summed E-state index contributed by atoms with van der Waals surface area (Å²) >= 11 is 0. The lowest BCUT2D eigenvalue weighted by Gasteiger charge is -2.11. The monoisotopic (exact) mass is 315 g/mol. The molecule has 0 aliphatic carbocycles. The van der Waals surface area contributed by atoms with Gasteiger partial charge in [0.2, 0.25) is 0 Å². The molecule has 1 N–H and O–H groups in total. The van der Waals surface area contributed by atoms with Crippen LogP contribution in [0.2, 0.25) is 0 Å². The molecule has 0 aliphatic rings. The molecule has 2 aromatic carbocycles. The average molecular weight is 315 g/mol. The normalized spacial score (nSPS) is 10.1. The van der Waals surface area contributed by atoms with Crippen molar-refractivity contribution in [1.29, 1.82) is 0 Å². The minimum atomic E-state index is -0.134. The molecule has 5 nitrogen and oxygen atoms in total. The average Bonchev–Trinajstić information content (AvgIpc) is 2.59. The van der Waals surface area contributed by atoms with Gasteiger partial charge in [-0.3, -0.25) is 4.79 Å². The van der Waals surface area contributed by atoms with E-state index in [0.717, 1.165) is 16.9 Å². The molecule has 2 aromatic rings. The van der Waals surface area contributed by atoms with Crippen molar-refractivity contribution in [3.05, 3.63) is 53.1 Å². The highest BCUT2D eigenvalue weighted by atomic mass is 16.5. The summed E-state index contributed by atoms with van der Waals surface area (Å²) in [6.45, 7) is 2.31. The molecule has 0 atom stereocenters. The molecule has 0 spiro atoms. The summed E-state index contributed by atoms with van der Waals surface area (Å²) in [4.78, 5) is 12.2. The molecule has 1 amide bonds. The third kappa shape index (κ3) is 3.94. The van der Waals surface area contributed by atoms with Crippen LogP contribution in [-0.4, -0.2) is 27.2 Å². The first-order valence-corrected chi connectivity index (χ1v) is 7.22. The number of nitrogens with one attached hydrogen (secondary N) is 1. The van der Waals surface area contributed by atoms with Crippen molar-refractivity contribution < 1.29 is 19.0 Å². The predicted octanol–water partition coefficient (Wildman–Crippen LogP) is 2.95. The van der Waals surface area contributed by atoms with Crippen molar-refractivity contribution in [1.82, 2.24) is 5.32 Å². The van der Waals surface area contributed by atoms with Crippen LogP contribution in [0.15, 0.2) is 36.4 Å². The van der Waals surface area contributed by atoms with Crippen molar-refractivity contribution in [2.24, 2.45) is 0 Å². The summed E-state index contributed by atoms with van der Waals surface area (Å²) in [7, 11) is 4.78. The van der Waals surface area contributed by atoms with Crippen LogP contribution in [0.3, 0.4) is 0 Å². The molecule has 0 aliphatic heterocycles. The van der Waals surface area contributed by atoms with Gasteiger partial charge in [-0.25, -0.2) is 0 Å². The van der Waals surface area contributed by atoms with Crippen LogP contribution in [-0.2, 0) is 6.54 Å². The van der Waals surface area contributed by atoms with Crippen LogP contribution in [0.5, 0.6) is 17.2 Å². The number of aryl methyl sites for hydroxylation is 1. The first-order chi connectivity index (χ1) is 11.1. The van der Waals surface area contributed by atoms with E-state index in [1.165, 1.54) is 0 Å². The second-order valence-corrected chi connectivity index (χ2v) is 5.06. The summed E-state index contributed by atoms with van der Waals surface area (Å²) in [6, 6.07) is 10.9. The van der Waals surface area contributed by atoms with E-state index in [9.17, 15) is 4.79 Å². The fourth-order valence-corrected chi connectivity index (χ4v) is 2.29. The van der Waals surface area contributed by atoms with Crippen molar-refractivity contribution in [2.75, 3.05) is 21.3 Å². The Morgan fingerprint density at radius 2 is 1.57 bits per heavy atom. The van der Waals surface area contributed by atoms with E-state index in [1.54, 1.807) is 33.5 Å². The van der Waals surface area contributed by atoms with E-state index >= 15 is 0 Å². The van der Waals surface area contributed by atoms with Gasteiger partial charge in [-0.05, 0) is 48.4 Å². The Balaban J connectivity index is 2.05. The van der Waals surface area contributed by atoms with Crippen molar-refractivity contribution in [2.45, 2.75) is 13.5 Å². The highest BCUT2D eigenvalue weighted by Crippen LogP contribution is 2.27. The van der Waals surface area contributed by atoms with Gasteiger partial charge in [0.15, 0.2) is 11.5 Å². The molecule has 2 rings (SSSR count). The standard InChI is InChI=1S/C18H21NO4/c1-12-9-14(6-8-15(12)21-2)18(20)19-11-13-5-7-16(22-3)17(10-13)23-4/h5-10H,11H2,1-4H3,(H,19,20). The molecule has 122 valence electrons. The van der Waals surface area contributed by atoms with E-state index in [0.29, 0.717) is 23.6 Å². The third-order valence-electron chi connectivity index (χ3n) is 3.56. The van der Waals surface area contributed by atoms with E-state index in [1.807, 2.05) is 31.2 Å². The van der Waals surface area contributed by atoms with E-state index < -0.39 is 0 Å². The maximum Gasteiger partial charge on any atom is 0.251 e. The van der Waals surface area contributed by atoms with Crippen molar-refractivity contribution in [3.8, 4) is 17.2 Å². The largest absolute Gasteiger partial charge is 0.496 e. The molecule has 5 heteroatoms. The Morgan fingerprint density at radius 3 is 2.17 bits per heavy atom. The van der Waals surface area contributed by atoms with Crippen LogP contribution in [0.1, 0.15) is 21.5 Å². The highest BCUT2D eigenvalue weighted by molar-refractivity contribution is 5.94. The molecule has 0 saturated heterocycles. The van der Waals surface area contributed by atoms with Crippen LogP contribution in [0.4, 0.5) is 0 Å². The molecule has 0 unspecified atom stereocenters. The van der Waals surface area contributed by atoms with Gasteiger partial charge in [-0.1, -0.05) is 6.07 Å². The van der Waals surface area contributed by atoms with Crippen LogP contribution < -0.4 is 19.5 Å². The van der Waals surface area contributed by atoms with Gasteiger partial charge in [-0.15, -0.1) is 0 Å². The minimum absolute atomic E-state index is 0.134. The number of ether oxygens (including phenoxy) is 3. The molecular formula is C18H21NO4. The van der Waals surface area contributed by atoms with Gasteiger partial charge in [0, 0.05) is 12.1 Å². The van der Waals surface area contributed by atoms with Gasteiger partial charge in [0.05, 0.1) is 21.3 Å². The smallest absolute Gasteiger partial charge is 0.251 e. The Bertz CT molecular complexity index is 697. The number of carbonyl (C=O) groups is 1. The molecule has 0 bridgehead atoms. The topological polar surface area (TPSA) is 56.8 Å². The fraction of sp³-hybridized carbons (Fsp3) is 0.278. The minimum Gasteiger partial charge on any atom is -0.496 e. The van der Waals surface area contributed by atoms with E-state index in [4.69, 9.17) is 14.2 Å². The molecule has 0 saturated carbocycles. The summed E-state index contributed by atoms with van der Waals surface area (Å²) < 4.78 is 15.7. The van der Waals surface area contributed by atoms with Gasteiger partial charge in [-0.2, -0.15) is 0 Å². The zero-order valence-electron chi connectivity index (χ0n) is 13.8. The Hall–Kier alpha value is -2.69. The number of carbonyl (C=O) groups excluding carboxylic acids is 1. The molecule has 0 aromatic heterocycles. The zero-order chi connectivity index (χ0) is 16.8. The number of amides is 1. The molecule has 0 heterocycles. The number of hydrogen-bond acceptors (Lipinski definition) is 4. The quantitative estimate of drug-likeness (QED) is 0.890. The van der Waals surface area contributed by atoms with E-state index in [-0.39, 0.29) is 5.91 Å². The fourth-order valence-electron chi connectivity index (χ4n) is 2.29. The third-order valence-corrected chi connectivity index (χ3v) is 3.56. The highest BCUT2D eigenvalue weighted by Gasteiger charge is 2.09. The maximum atomic E-state index is 12.2. The van der Waals surface area contributed by atoms with Gasteiger partial charge >= 0.3 is 0 Å². The summed E-state index contributed by atoms with van der Waals surface area (Å²) in [5.74, 6) is 1.93. The molecule has 0 radical (unpaired) electrons. The molecular weight excluding hydrogens is 294 g/mol. The zero-order valence-corrected chi connectivity index (χ0v) is 13.8. The summed E-state index contributed by atoms with van der Waals surface area (Å²) in [5.41, 5.74) is 2.45. The Morgan fingerprint density at radius 1 is 0.913 bits per heavy atom. The number of rotatable bonds is 6. The van der Waals surface area contributed by atoms with Gasteiger partial charge in [0.25, 0.3) is 5.91 Å². The second kappa shape index (κ2) is 7.54. The number of hydrogen-bond donors (Lipinski definition) is 1. The van der Waals surface area contributed by atoms with E-state index in [2.05, 4.69) is 5.32 Å². The van der Waals surface area contributed by atoms with Crippen LogP contribution in [0.25, 0.3) is 0 Å². The molecule has 23 heavy (non-hydrogen) atoms. The lowest BCUT2D eigenvalue weighted by Crippen LogP contribution is -2.22. The maximum absolute atomic E-state index is 12.2. The lowest BCUT2D eigenvalue weighted by atomic mass is 10.1. The predicted molar refractivity (Wildman–Crippen MR) is 88.4 cm³/mol. The lowest BCUT2D eigenvalue weighted by molar-refractivity contribution is 0.0950. The van der Waals surface area contributed by atoms with Crippen LogP contribution in [0, 0.1) is 6.92 Å². The summed E-state index contributed by atoms with van der Waals surface area (Å²) in [6.07, 6.45) is 0. The molecule has 0 fully saturated rings.